The first-order valence-corrected chi connectivity index (χ1v) is 9.16. The van der Waals surface area contributed by atoms with Crippen LogP contribution in [0.15, 0.2) is 60.7 Å². The first kappa shape index (κ1) is 16.6. The number of rotatable bonds is 3. The van der Waals surface area contributed by atoms with Crippen molar-refractivity contribution in [3.63, 3.8) is 0 Å². The van der Waals surface area contributed by atoms with Gasteiger partial charge < -0.3 is 4.90 Å². The lowest BCUT2D eigenvalue weighted by Gasteiger charge is -2.23. The van der Waals surface area contributed by atoms with Gasteiger partial charge in [-0.2, -0.15) is 9.61 Å². The van der Waals surface area contributed by atoms with Crippen molar-refractivity contribution in [2.24, 2.45) is 0 Å². The van der Waals surface area contributed by atoms with Crippen molar-refractivity contribution in [3.05, 3.63) is 83.4 Å². The summed E-state index contributed by atoms with van der Waals surface area (Å²) in [6, 6.07) is 16.6. The minimum atomic E-state index is -0.297. The van der Waals surface area contributed by atoms with Gasteiger partial charge in [-0.1, -0.05) is 30.4 Å². The number of anilines is 1. The highest BCUT2D eigenvalue weighted by atomic mass is 19.1. The van der Waals surface area contributed by atoms with Crippen LogP contribution in [0.25, 0.3) is 23.0 Å². The maximum Gasteiger partial charge on any atom is 0.177 e. The van der Waals surface area contributed by atoms with E-state index in [0.717, 1.165) is 17.9 Å². The maximum atomic E-state index is 14.1. The van der Waals surface area contributed by atoms with Crippen molar-refractivity contribution in [2.45, 2.75) is 6.42 Å². The average Bonchev–Trinajstić information content (AvgIpc) is 3.10. The molecule has 0 fully saturated rings. The van der Waals surface area contributed by atoms with E-state index in [1.807, 2.05) is 6.07 Å². The molecule has 0 saturated heterocycles. The fourth-order valence-electron chi connectivity index (χ4n) is 3.57. The molecule has 0 aliphatic carbocycles. The zero-order valence-corrected chi connectivity index (χ0v) is 15.4. The van der Waals surface area contributed by atoms with Crippen LogP contribution in [0, 0.1) is 5.82 Å². The Labute approximate surface area is 161 Å². The number of aromatic nitrogens is 4. The Morgan fingerprint density at radius 1 is 1.04 bits per heavy atom. The van der Waals surface area contributed by atoms with Crippen LogP contribution in [0.5, 0.6) is 0 Å². The molecule has 0 atom stereocenters. The lowest BCUT2D eigenvalue weighted by Crippen LogP contribution is -2.20. The van der Waals surface area contributed by atoms with Crippen LogP contribution in [-0.2, 0) is 6.42 Å². The first-order chi connectivity index (χ1) is 13.7. The van der Waals surface area contributed by atoms with Crippen molar-refractivity contribution >= 4 is 17.4 Å². The van der Waals surface area contributed by atoms with E-state index in [9.17, 15) is 4.39 Å². The number of hydrogen-bond acceptors (Lipinski definition) is 4. The van der Waals surface area contributed by atoms with Gasteiger partial charge in [0.15, 0.2) is 11.5 Å². The molecule has 1 aliphatic rings. The summed E-state index contributed by atoms with van der Waals surface area (Å²) in [5.74, 6) is 0.427. The molecular formula is C22H18FN5. The molecule has 138 valence electrons. The molecule has 5 nitrogen and oxygen atoms in total. The second-order valence-corrected chi connectivity index (χ2v) is 6.94. The smallest absolute Gasteiger partial charge is 0.177 e. The van der Waals surface area contributed by atoms with E-state index in [0.29, 0.717) is 23.3 Å². The largest absolute Gasteiger partial charge is 0.370 e. The molecule has 28 heavy (non-hydrogen) atoms. The monoisotopic (exact) mass is 371 g/mol. The van der Waals surface area contributed by atoms with E-state index in [4.69, 9.17) is 0 Å². The fourth-order valence-corrected chi connectivity index (χ4v) is 3.57. The SMILES string of the molecule is CN1CC=Cc2cc(Cc3nnc4ccc(-c5ccccc5F)nn34)ccc21. The Morgan fingerprint density at radius 3 is 2.82 bits per heavy atom. The number of fused-ring (bicyclic) bond motifs is 2. The Balaban J connectivity index is 1.53. The van der Waals surface area contributed by atoms with Gasteiger partial charge in [0, 0.05) is 31.3 Å². The van der Waals surface area contributed by atoms with Gasteiger partial charge in [-0.05, 0) is 47.5 Å². The molecule has 0 bridgehead atoms. The summed E-state index contributed by atoms with van der Waals surface area (Å²) in [4.78, 5) is 2.22. The summed E-state index contributed by atoms with van der Waals surface area (Å²) < 4.78 is 15.8. The molecule has 4 aromatic rings. The highest BCUT2D eigenvalue weighted by molar-refractivity contribution is 5.71. The standard InChI is InChI=1S/C22H18FN5/c1-27-12-4-5-16-13-15(8-10-20(16)27)14-22-25-24-21-11-9-19(26-28(21)22)17-6-2-3-7-18(17)23/h2-11,13H,12,14H2,1H3. The Morgan fingerprint density at radius 2 is 1.93 bits per heavy atom. The zero-order chi connectivity index (χ0) is 19.1. The van der Waals surface area contributed by atoms with Crippen molar-refractivity contribution in [1.82, 2.24) is 19.8 Å². The van der Waals surface area contributed by atoms with Crippen molar-refractivity contribution in [3.8, 4) is 11.3 Å². The molecule has 0 amide bonds. The van der Waals surface area contributed by atoms with Gasteiger partial charge in [-0.25, -0.2) is 4.39 Å². The molecule has 5 rings (SSSR count). The molecule has 2 aromatic carbocycles. The summed E-state index contributed by atoms with van der Waals surface area (Å²) in [5, 5.41) is 13.1. The minimum Gasteiger partial charge on any atom is -0.370 e. The van der Waals surface area contributed by atoms with Crippen LogP contribution < -0.4 is 4.90 Å². The van der Waals surface area contributed by atoms with Crippen LogP contribution in [0.1, 0.15) is 17.0 Å². The number of nitrogens with zero attached hydrogens (tertiary/aromatic N) is 5. The van der Waals surface area contributed by atoms with Gasteiger partial charge in [-0.3, -0.25) is 0 Å². The van der Waals surface area contributed by atoms with Gasteiger partial charge in [0.25, 0.3) is 0 Å². The van der Waals surface area contributed by atoms with Gasteiger partial charge in [0.1, 0.15) is 5.82 Å². The third-order valence-corrected chi connectivity index (χ3v) is 5.02. The molecule has 0 spiro atoms. The van der Waals surface area contributed by atoms with Gasteiger partial charge in [0.2, 0.25) is 0 Å². The van der Waals surface area contributed by atoms with E-state index in [1.165, 1.54) is 17.3 Å². The number of halogens is 1. The molecule has 1 aliphatic heterocycles. The lowest BCUT2D eigenvalue weighted by atomic mass is 10.0. The quantitative estimate of drug-likeness (QED) is 0.546. The van der Waals surface area contributed by atoms with Crippen molar-refractivity contribution < 1.29 is 4.39 Å². The lowest BCUT2D eigenvalue weighted by molar-refractivity contribution is 0.630. The summed E-state index contributed by atoms with van der Waals surface area (Å²) >= 11 is 0. The zero-order valence-electron chi connectivity index (χ0n) is 15.4. The predicted molar refractivity (Wildman–Crippen MR) is 108 cm³/mol. The molecule has 6 heteroatoms. The fraction of sp³-hybridized carbons (Fsp3) is 0.136. The number of likely N-dealkylation sites (N-methyl/N-ethyl adjacent to an activating group) is 1. The van der Waals surface area contributed by atoms with E-state index >= 15 is 0 Å². The second-order valence-electron chi connectivity index (χ2n) is 6.94. The van der Waals surface area contributed by atoms with Crippen LogP contribution in [0.4, 0.5) is 10.1 Å². The first-order valence-electron chi connectivity index (χ1n) is 9.16. The molecule has 0 radical (unpaired) electrons. The predicted octanol–water partition coefficient (Wildman–Crippen LogP) is 3.98. The molecule has 0 N–H and O–H groups in total. The van der Waals surface area contributed by atoms with Crippen LogP contribution in [0.3, 0.4) is 0 Å². The van der Waals surface area contributed by atoms with E-state index in [1.54, 1.807) is 28.8 Å². The summed E-state index contributed by atoms with van der Waals surface area (Å²) in [7, 11) is 2.09. The topological polar surface area (TPSA) is 46.3 Å². The third-order valence-electron chi connectivity index (χ3n) is 5.02. The van der Waals surface area contributed by atoms with Gasteiger partial charge in [0.05, 0.1) is 5.69 Å². The van der Waals surface area contributed by atoms with Gasteiger partial charge in [-0.15, -0.1) is 10.2 Å². The van der Waals surface area contributed by atoms with Crippen LogP contribution in [-0.4, -0.2) is 33.4 Å². The highest BCUT2D eigenvalue weighted by Crippen LogP contribution is 2.27. The second kappa shape index (κ2) is 6.56. The highest BCUT2D eigenvalue weighted by Gasteiger charge is 2.14. The number of hydrogen-bond donors (Lipinski definition) is 0. The molecule has 0 saturated carbocycles. The average molecular weight is 371 g/mol. The maximum absolute atomic E-state index is 14.1. The molecule has 3 heterocycles. The minimum absolute atomic E-state index is 0.297. The molecule has 2 aromatic heterocycles. The van der Waals surface area contributed by atoms with Crippen molar-refractivity contribution in [1.29, 1.82) is 0 Å². The summed E-state index contributed by atoms with van der Waals surface area (Å²) in [6.07, 6.45) is 4.90. The molecule has 0 unspecified atom stereocenters. The van der Waals surface area contributed by atoms with Gasteiger partial charge >= 0.3 is 0 Å². The Bertz CT molecular complexity index is 1210. The van der Waals surface area contributed by atoms with Crippen LogP contribution >= 0.6 is 0 Å². The van der Waals surface area contributed by atoms with E-state index in [2.05, 4.69) is 57.6 Å². The van der Waals surface area contributed by atoms with E-state index in [-0.39, 0.29) is 5.82 Å². The normalized spacial score (nSPS) is 13.1. The number of benzene rings is 2. The van der Waals surface area contributed by atoms with Crippen LogP contribution in [0.2, 0.25) is 0 Å². The Kier molecular flexibility index (Phi) is 3.90. The molecular weight excluding hydrogens is 353 g/mol. The Hall–Kier alpha value is -3.54. The summed E-state index contributed by atoms with van der Waals surface area (Å²) in [5.41, 5.74) is 5.21. The van der Waals surface area contributed by atoms with E-state index < -0.39 is 0 Å². The third kappa shape index (κ3) is 2.83. The summed E-state index contributed by atoms with van der Waals surface area (Å²) in [6.45, 7) is 0.921. The van der Waals surface area contributed by atoms with Crippen molar-refractivity contribution in [2.75, 3.05) is 18.5 Å².